The maximum Gasteiger partial charge on any atom is 0.274 e. The van der Waals surface area contributed by atoms with E-state index < -0.39 is 0 Å². The summed E-state index contributed by atoms with van der Waals surface area (Å²) in [6.45, 7) is 0.610. The van der Waals surface area contributed by atoms with Gasteiger partial charge in [-0.05, 0) is 24.1 Å². The number of aromatic nitrogens is 3. The second-order valence-electron chi connectivity index (χ2n) is 4.48. The first kappa shape index (κ1) is 15.0. The van der Waals surface area contributed by atoms with Gasteiger partial charge in [-0.15, -0.1) is 10.2 Å². The molecule has 0 radical (unpaired) electrons. The van der Waals surface area contributed by atoms with E-state index in [9.17, 15) is 4.79 Å². The Morgan fingerprint density at radius 1 is 1.29 bits per heavy atom. The average Bonchev–Trinajstić information content (AvgIpc) is 2.51. The summed E-state index contributed by atoms with van der Waals surface area (Å²) >= 11 is 0. The summed E-state index contributed by atoms with van der Waals surface area (Å²) in [6.07, 6.45) is 0.987. The molecule has 0 amide bonds. The number of hydrogen-bond donors (Lipinski definition) is 3. The molecule has 3 N–H and O–H groups in total. The molecule has 2 rings (SSSR count). The number of aliphatic hydroxyl groups excluding tert-OH is 1. The second-order valence-corrected chi connectivity index (χ2v) is 4.48. The number of benzene rings is 1. The third-order valence-corrected chi connectivity index (χ3v) is 2.92. The predicted octanol–water partition coefficient (Wildman–Crippen LogP) is 0.559. The minimum atomic E-state index is -0.271. The van der Waals surface area contributed by atoms with Crippen LogP contribution in [0, 0.1) is 0 Å². The Kier molecular flexibility index (Phi) is 5.28. The highest BCUT2D eigenvalue weighted by Gasteiger charge is 2.06. The van der Waals surface area contributed by atoms with E-state index in [0.29, 0.717) is 31.0 Å². The van der Waals surface area contributed by atoms with Crippen molar-refractivity contribution in [3.05, 3.63) is 45.9 Å². The number of H-pyrrole nitrogens is 1. The van der Waals surface area contributed by atoms with Crippen LogP contribution in [0.1, 0.15) is 17.7 Å². The van der Waals surface area contributed by atoms with Crippen LogP contribution in [0.3, 0.4) is 0 Å². The van der Waals surface area contributed by atoms with Crippen molar-refractivity contribution >= 4 is 5.95 Å². The number of hydrogen-bond acceptors (Lipinski definition) is 6. The smallest absolute Gasteiger partial charge is 0.274 e. The van der Waals surface area contributed by atoms with Gasteiger partial charge in [0.05, 0.1) is 7.11 Å². The standard InChI is InChI=1S/C14H18N4O3/c1-21-11-5-3-10(4-6-11)9-12-13(20)16-14(18-17-12)15-7-2-8-19/h3-6,19H,2,7-9H2,1H3,(H2,15,16,18,20). The average molecular weight is 290 g/mol. The van der Waals surface area contributed by atoms with Crippen molar-refractivity contribution in [3.8, 4) is 5.75 Å². The van der Waals surface area contributed by atoms with E-state index in [4.69, 9.17) is 9.84 Å². The first-order valence-corrected chi connectivity index (χ1v) is 6.66. The van der Waals surface area contributed by atoms with E-state index in [1.54, 1.807) is 7.11 Å². The zero-order valence-electron chi connectivity index (χ0n) is 11.8. The molecule has 0 saturated heterocycles. The molecule has 7 heteroatoms. The minimum Gasteiger partial charge on any atom is -0.497 e. The Hall–Kier alpha value is -2.41. The van der Waals surface area contributed by atoms with Crippen molar-refractivity contribution in [1.82, 2.24) is 15.2 Å². The topological polar surface area (TPSA) is 100 Å². The van der Waals surface area contributed by atoms with Crippen LogP contribution in [-0.4, -0.2) is 40.5 Å². The van der Waals surface area contributed by atoms with Gasteiger partial charge >= 0.3 is 0 Å². The van der Waals surface area contributed by atoms with E-state index in [0.717, 1.165) is 11.3 Å². The fourth-order valence-corrected chi connectivity index (χ4v) is 1.78. The summed E-state index contributed by atoms with van der Waals surface area (Å²) in [6, 6.07) is 7.43. The summed E-state index contributed by atoms with van der Waals surface area (Å²) < 4.78 is 5.08. The summed E-state index contributed by atoms with van der Waals surface area (Å²) in [5, 5.41) is 19.4. The monoisotopic (exact) mass is 290 g/mol. The molecule has 0 aliphatic rings. The number of anilines is 1. The molecule has 1 aromatic heterocycles. The van der Waals surface area contributed by atoms with E-state index in [1.165, 1.54) is 0 Å². The minimum absolute atomic E-state index is 0.0835. The van der Waals surface area contributed by atoms with E-state index in [2.05, 4.69) is 20.5 Å². The number of ether oxygens (including phenoxy) is 1. The van der Waals surface area contributed by atoms with Gasteiger partial charge in [0.2, 0.25) is 5.95 Å². The van der Waals surface area contributed by atoms with Crippen molar-refractivity contribution in [3.63, 3.8) is 0 Å². The molecule has 1 aromatic carbocycles. The van der Waals surface area contributed by atoms with Crippen LogP contribution in [0.15, 0.2) is 29.1 Å². The van der Waals surface area contributed by atoms with Crippen molar-refractivity contribution < 1.29 is 9.84 Å². The summed E-state index contributed by atoms with van der Waals surface area (Å²) in [4.78, 5) is 14.6. The maximum absolute atomic E-state index is 11.9. The lowest BCUT2D eigenvalue weighted by Gasteiger charge is -2.05. The summed E-state index contributed by atoms with van der Waals surface area (Å²) in [7, 11) is 1.60. The fourth-order valence-electron chi connectivity index (χ4n) is 1.78. The number of rotatable bonds is 7. The highest BCUT2D eigenvalue weighted by Crippen LogP contribution is 2.12. The molecule has 0 unspecified atom stereocenters. The van der Waals surface area contributed by atoms with Crippen LogP contribution < -0.4 is 15.6 Å². The van der Waals surface area contributed by atoms with Gasteiger partial charge in [0.1, 0.15) is 11.4 Å². The largest absolute Gasteiger partial charge is 0.497 e. The number of aromatic amines is 1. The SMILES string of the molecule is COc1ccc(Cc2nnc(NCCCO)[nH]c2=O)cc1. The maximum atomic E-state index is 11.9. The molecule has 0 atom stereocenters. The molecule has 21 heavy (non-hydrogen) atoms. The van der Waals surface area contributed by atoms with Crippen molar-refractivity contribution in [1.29, 1.82) is 0 Å². The highest BCUT2D eigenvalue weighted by molar-refractivity contribution is 5.30. The van der Waals surface area contributed by atoms with Crippen LogP contribution in [0.4, 0.5) is 5.95 Å². The van der Waals surface area contributed by atoms with Crippen LogP contribution in [0.25, 0.3) is 0 Å². The first-order chi connectivity index (χ1) is 10.2. The lowest BCUT2D eigenvalue weighted by molar-refractivity contribution is 0.292. The van der Waals surface area contributed by atoms with Gasteiger partial charge in [0, 0.05) is 19.6 Å². The van der Waals surface area contributed by atoms with Crippen LogP contribution in [0.2, 0.25) is 0 Å². The normalized spacial score (nSPS) is 10.4. The summed E-state index contributed by atoms with van der Waals surface area (Å²) in [5.41, 5.74) is 1.04. The van der Waals surface area contributed by atoms with Gasteiger partial charge in [0.25, 0.3) is 5.56 Å². The summed E-state index contributed by atoms with van der Waals surface area (Å²) in [5.74, 6) is 1.08. The van der Waals surface area contributed by atoms with Gasteiger partial charge in [-0.25, -0.2) is 0 Å². The van der Waals surface area contributed by atoms with Crippen molar-refractivity contribution in [2.75, 3.05) is 25.6 Å². The lowest BCUT2D eigenvalue weighted by Crippen LogP contribution is -2.20. The number of nitrogens with zero attached hydrogens (tertiary/aromatic N) is 2. The molecule has 0 saturated carbocycles. The quantitative estimate of drug-likeness (QED) is 0.644. The molecule has 0 aliphatic carbocycles. The zero-order valence-corrected chi connectivity index (χ0v) is 11.8. The van der Waals surface area contributed by atoms with Gasteiger partial charge in [-0.2, -0.15) is 0 Å². The van der Waals surface area contributed by atoms with Gasteiger partial charge in [-0.3, -0.25) is 9.78 Å². The lowest BCUT2D eigenvalue weighted by atomic mass is 10.1. The highest BCUT2D eigenvalue weighted by atomic mass is 16.5. The Morgan fingerprint density at radius 2 is 2.05 bits per heavy atom. The third kappa shape index (κ3) is 4.28. The number of nitrogens with one attached hydrogen (secondary N) is 2. The van der Waals surface area contributed by atoms with Gasteiger partial charge in [0.15, 0.2) is 0 Å². The molecule has 0 spiro atoms. The molecule has 0 aliphatic heterocycles. The Bertz CT molecular complexity index is 625. The van der Waals surface area contributed by atoms with Crippen LogP contribution in [-0.2, 0) is 6.42 Å². The molecule has 1 heterocycles. The van der Waals surface area contributed by atoms with Crippen molar-refractivity contribution in [2.24, 2.45) is 0 Å². The van der Waals surface area contributed by atoms with E-state index in [-0.39, 0.29) is 12.2 Å². The van der Waals surface area contributed by atoms with Crippen molar-refractivity contribution in [2.45, 2.75) is 12.8 Å². The third-order valence-electron chi connectivity index (χ3n) is 2.92. The molecule has 0 bridgehead atoms. The predicted molar refractivity (Wildman–Crippen MR) is 78.6 cm³/mol. The first-order valence-electron chi connectivity index (χ1n) is 6.66. The van der Waals surface area contributed by atoms with Crippen LogP contribution in [0.5, 0.6) is 5.75 Å². The zero-order chi connectivity index (χ0) is 15.1. The number of aliphatic hydroxyl groups is 1. The Morgan fingerprint density at radius 3 is 2.67 bits per heavy atom. The van der Waals surface area contributed by atoms with Gasteiger partial charge < -0.3 is 15.2 Å². The number of methoxy groups -OCH3 is 1. The molecular formula is C14H18N4O3. The van der Waals surface area contributed by atoms with E-state index in [1.807, 2.05) is 24.3 Å². The second kappa shape index (κ2) is 7.39. The molecule has 112 valence electrons. The molecule has 7 nitrogen and oxygen atoms in total. The van der Waals surface area contributed by atoms with Crippen LogP contribution >= 0.6 is 0 Å². The Labute approximate surface area is 122 Å². The molecule has 2 aromatic rings. The Balaban J connectivity index is 2.04. The van der Waals surface area contributed by atoms with E-state index >= 15 is 0 Å². The molecular weight excluding hydrogens is 272 g/mol. The van der Waals surface area contributed by atoms with Gasteiger partial charge in [-0.1, -0.05) is 12.1 Å². The fraction of sp³-hybridized carbons (Fsp3) is 0.357. The molecule has 0 fully saturated rings.